The van der Waals surface area contributed by atoms with Crippen LogP contribution in [0, 0.1) is 0 Å². The molecular weight excluding hydrogens is 170 g/mol. The second kappa shape index (κ2) is 3.60. The lowest BCUT2D eigenvalue weighted by molar-refractivity contribution is 0.176. The van der Waals surface area contributed by atoms with Crippen molar-refractivity contribution >= 4 is 0 Å². The van der Waals surface area contributed by atoms with E-state index in [1.165, 1.54) is 38.5 Å². The number of likely N-dealkylation sites (tertiary alicyclic amines) is 1. The average molecular weight is 193 g/mol. The molecule has 1 aliphatic heterocycles. The summed E-state index contributed by atoms with van der Waals surface area (Å²) < 4.78 is 0. The lowest BCUT2D eigenvalue weighted by Crippen LogP contribution is -2.41. The van der Waals surface area contributed by atoms with Gasteiger partial charge in [-0.05, 0) is 59.3 Å². The molecule has 0 bridgehead atoms. The Kier molecular flexibility index (Phi) is 2.59. The smallest absolute Gasteiger partial charge is 0.0346 e. The summed E-state index contributed by atoms with van der Waals surface area (Å²) in [6.07, 6.45) is 10.6. The Morgan fingerprint density at radius 3 is 2.64 bits per heavy atom. The molecule has 1 heteroatoms. The van der Waals surface area contributed by atoms with E-state index in [9.17, 15) is 0 Å². The van der Waals surface area contributed by atoms with Gasteiger partial charge in [-0.3, -0.25) is 0 Å². The van der Waals surface area contributed by atoms with Crippen molar-refractivity contribution in [3.63, 3.8) is 0 Å². The minimum absolute atomic E-state index is 0.405. The summed E-state index contributed by atoms with van der Waals surface area (Å²) in [6.45, 7) is 7.17. The largest absolute Gasteiger partial charge is 0.367 e. The summed E-state index contributed by atoms with van der Waals surface area (Å²) in [5, 5.41) is 0. The van der Waals surface area contributed by atoms with Gasteiger partial charge >= 0.3 is 0 Å². The first-order chi connectivity index (χ1) is 6.61. The van der Waals surface area contributed by atoms with E-state index >= 15 is 0 Å². The molecule has 0 aromatic rings. The molecule has 2 rings (SSSR count). The number of nitrogens with zero attached hydrogens (tertiary/aromatic N) is 1. The van der Waals surface area contributed by atoms with Crippen molar-refractivity contribution in [2.45, 2.75) is 70.9 Å². The SMILES string of the molecule is C[C@@H]1CCC(C)(C)N1C1=CCCCC1. The molecule has 0 unspecified atom stereocenters. The van der Waals surface area contributed by atoms with E-state index in [4.69, 9.17) is 0 Å². The maximum Gasteiger partial charge on any atom is 0.0346 e. The molecule has 1 fully saturated rings. The molecule has 0 aromatic carbocycles. The van der Waals surface area contributed by atoms with Gasteiger partial charge in [0.1, 0.15) is 0 Å². The number of allylic oxidation sites excluding steroid dienone is 2. The lowest BCUT2D eigenvalue weighted by Gasteiger charge is -2.40. The Labute approximate surface area is 88.2 Å². The molecule has 0 radical (unpaired) electrons. The van der Waals surface area contributed by atoms with Crippen LogP contribution in [0.15, 0.2) is 11.8 Å². The van der Waals surface area contributed by atoms with Crippen LogP contribution < -0.4 is 0 Å². The summed E-state index contributed by atoms with van der Waals surface area (Å²) in [4.78, 5) is 2.69. The van der Waals surface area contributed by atoms with Crippen LogP contribution in [0.4, 0.5) is 0 Å². The third kappa shape index (κ3) is 1.69. The van der Waals surface area contributed by atoms with E-state index in [1.54, 1.807) is 5.70 Å². The van der Waals surface area contributed by atoms with Gasteiger partial charge in [-0.25, -0.2) is 0 Å². The first-order valence-electron chi connectivity index (χ1n) is 6.10. The third-order valence-corrected chi connectivity index (χ3v) is 3.84. The van der Waals surface area contributed by atoms with Crippen LogP contribution in [0.2, 0.25) is 0 Å². The third-order valence-electron chi connectivity index (χ3n) is 3.84. The van der Waals surface area contributed by atoms with Crippen LogP contribution in [0.25, 0.3) is 0 Å². The van der Waals surface area contributed by atoms with Crippen LogP contribution in [-0.4, -0.2) is 16.5 Å². The van der Waals surface area contributed by atoms with Gasteiger partial charge in [0.05, 0.1) is 0 Å². The van der Waals surface area contributed by atoms with Gasteiger partial charge in [0, 0.05) is 17.3 Å². The molecule has 1 aliphatic carbocycles. The van der Waals surface area contributed by atoms with E-state index in [-0.39, 0.29) is 0 Å². The summed E-state index contributed by atoms with van der Waals surface area (Å²) in [6, 6.07) is 0.759. The maximum absolute atomic E-state index is 2.69. The fourth-order valence-corrected chi connectivity index (χ4v) is 3.12. The first-order valence-corrected chi connectivity index (χ1v) is 6.10. The highest BCUT2D eigenvalue weighted by molar-refractivity contribution is 5.12. The molecule has 0 amide bonds. The highest BCUT2D eigenvalue weighted by atomic mass is 15.2. The molecule has 0 spiro atoms. The Hall–Kier alpha value is -0.460. The highest BCUT2D eigenvalue weighted by Gasteiger charge is 2.37. The molecule has 1 saturated heterocycles. The zero-order valence-corrected chi connectivity index (χ0v) is 9.84. The summed E-state index contributed by atoms with van der Waals surface area (Å²) in [5.41, 5.74) is 2.04. The molecule has 2 aliphatic rings. The highest BCUT2D eigenvalue weighted by Crippen LogP contribution is 2.39. The minimum atomic E-state index is 0.405. The monoisotopic (exact) mass is 193 g/mol. The summed E-state index contributed by atoms with van der Waals surface area (Å²) in [7, 11) is 0. The van der Waals surface area contributed by atoms with E-state index < -0.39 is 0 Å². The predicted molar refractivity (Wildman–Crippen MR) is 61.2 cm³/mol. The van der Waals surface area contributed by atoms with Crippen molar-refractivity contribution in [2.75, 3.05) is 0 Å². The van der Waals surface area contributed by atoms with Gasteiger partial charge < -0.3 is 4.90 Å². The Balaban J connectivity index is 2.18. The normalized spacial score (nSPS) is 31.8. The second-order valence-corrected chi connectivity index (χ2v) is 5.51. The zero-order valence-electron chi connectivity index (χ0n) is 9.84. The van der Waals surface area contributed by atoms with Crippen molar-refractivity contribution in [1.82, 2.24) is 4.90 Å². The molecule has 0 N–H and O–H groups in total. The number of hydrogen-bond acceptors (Lipinski definition) is 1. The predicted octanol–water partition coefficient (Wildman–Crippen LogP) is 3.71. The zero-order chi connectivity index (χ0) is 10.2. The van der Waals surface area contributed by atoms with E-state index in [2.05, 4.69) is 31.7 Å². The van der Waals surface area contributed by atoms with Gasteiger partial charge in [0.15, 0.2) is 0 Å². The quantitative estimate of drug-likeness (QED) is 0.613. The van der Waals surface area contributed by atoms with Gasteiger partial charge in [-0.2, -0.15) is 0 Å². The number of hydrogen-bond donors (Lipinski definition) is 0. The molecule has 0 saturated carbocycles. The molecular formula is C13H23N. The standard InChI is InChI=1S/C13H23N/c1-11-9-10-13(2,3)14(11)12-7-5-4-6-8-12/h7,11H,4-6,8-10H2,1-3H3/t11-/m1/s1. The molecule has 80 valence electrons. The fourth-order valence-electron chi connectivity index (χ4n) is 3.12. The second-order valence-electron chi connectivity index (χ2n) is 5.51. The lowest BCUT2D eigenvalue weighted by atomic mass is 9.98. The van der Waals surface area contributed by atoms with Crippen molar-refractivity contribution in [3.8, 4) is 0 Å². The molecule has 1 nitrogen and oxygen atoms in total. The van der Waals surface area contributed by atoms with Crippen LogP contribution in [-0.2, 0) is 0 Å². The van der Waals surface area contributed by atoms with Crippen molar-refractivity contribution in [1.29, 1.82) is 0 Å². The van der Waals surface area contributed by atoms with Gasteiger partial charge in [-0.1, -0.05) is 6.08 Å². The molecule has 0 aromatic heterocycles. The van der Waals surface area contributed by atoms with E-state index in [0.717, 1.165) is 6.04 Å². The van der Waals surface area contributed by atoms with Crippen LogP contribution in [0.5, 0.6) is 0 Å². The van der Waals surface area contributed by atoms with Gasteiger partial charge in [0.2, 0.25) is 0 Å². The fraction of sp³-hybridized carbons (Fsp3) is 0.846. The van der Waals surface area contributed by atoms with Crippen LogP contribution in [0.1, 0.15) is 59.3 Å². The average Bonchev–Trinajstić information content (AvgIpc) is 2.42. The molecule has 14 heavy (non-hydrogen) atoms. The Bertz CT molecular complexity index is 240. The van der Waals surface area contributed by atoms with Crippen LogP contribution in [0.3, 0.4) is 0 Å². The Morgan fingerprint density at radius 2 is 2.14 bits per heavy atom. The maximum atomic E-state index is 2.69. The summed E-state index contributed by atoms with van der Waals surface area (Å²) in [5.74, 6) is 0. The molecule has 1 atom stereocenters. The van der Waals surface area contributed by atoms with Crippen molar-refractivity contribution in [2.24, 2.45) is 0 Å². The van der Waals surface area contributed by atoms with Gasteiger partial charge in [-0.15, -0.1) is 0 Å². The molecule has 1 heterocycles. The minimum Gasteiger partial charge on any atom is -0.367 e. The number of rotatable bonds is 1. The topological polar surface area (TPSA) is 3.24 Å². The van der Waals surface area contributed by atoms with E-state index in [0.29, 0.717) is 5.54 Å². The first kappa shape index (κ1) is 10.1. The Morgan fingerprint density at radius 1 is 1.36 bits per heavy atom. The van der Waals surface area contributed by atoms with Gasteiger partial charge in [0.25, 0.3) is 0 Å². The van der Waals surface area contributed by atoms with E-state index in [1.807, 2.05) is 0 Å². The van der Waals surface area contributed by atoms with Crippen LogP contribution >= 0.6 is 0 Å². The summed E-state index contributed by atoms with van der Waals surface area (Å²) >= 11 is 0. The van der Waals surface area contributed by atoms with Crippen molar-refractivity contribution < 1.29 is 0 Å². The van der Waals surface area contributed by atoms with Crippen molar-refractivity contribution in [3.05, 3.63) is 11.8 Å².